The van der Waals surface area contributed by atoms with Gasteiger partial charge in [0.05, 0.1) is 4.47 Å². The van der Waals surface area contributed by atoms with E-state index in [0.717, 1.165) is 16.7 Å². The molecule has 0 spiro atoms. The molecular weight excluding hydrogens is 540 g/mol. The van der Waals surface area contributed by atoms with E-state index >= 15 is 0 Å². The number of nitrogens with one attached hydrogen (secondary N) is 1. The summed E-state index contributed by atoms with van der Waals surface area (Å²) in [6, 6.07) is 22.0. The molecule has 36 heavy (non-hydrogen) atoms. The van der Waals surface area contributed by atoms with Crippen molar-refractivity contribution in [3.63, 3.8) is 0 Å². The molecule has 0 aliphatic heterocycles. The summed E-state index contributed by atoms with van der Waals surface area (Å²) in [7, 11) is 0. The fraction of sp³-hybridized carbons (Fsp3) is 0.310. The Kier molecular flexibility index (Phi) is 9.57. The predicted octanol–water partition coefficient (Wildman–Crippen LogP) is 6.34. The summed E-state index contributed by atoms with van der Waals surface area (Å²) in [5, 5.41) is 3.63. The van der Waals surface area contributed by atoms with Crippen LogP contribution in [0.15, 0.2) is 77.3 Å². The van der Waals surface area contributed by atoms with Crippen molar-refractivity contribution in [3.8, 4) is 5.75 Å². The fourth-order valence-electron chi connectivity index (χ4n) is 3.79. The van der Waals surface area contributed by atoms with Crippen molar-refractivity contribution in [3.05, 3.63) is 99.0 Å². The molecule has 0 saturated carbocycles. The lowest BCUT2D eigenvalue weighted by Crippen LogP contribution is -2.55. The van der Waals surface area contributed by atoms with Crippen molar-refractivity contribution in [1.82, 2.24) is 10.2 Å². The molecule has 1 unspecified atom stereocenters. The Balaban J connectivity index is 1.95. The van der Waals surface area contributed by atoms with Crippen LogP contribution in [0.1, 0.15) is 37.5 Å². The molecule has 0 bridgehead atoms. The molecule has 3 rings (SSSR count). The van der Waals surface area contributed by atoms with Crippen molar-refractivity contribution < 1.29 is 14.3 Å². The third kappa shape index (κ3) is 8.10. The van der Waals surface area contributed by atoms with E-state index in [1.165, 1.54) is 0 Å². The van der Waals surface area contributed by atoms with Crippen LogP contribution in [-0.2, 0) is 22.6 Å². The van der Waals surface area contributed by atoms with E-state index in [1.807, 2.05) is 82.3 Å². The van der Waals surface area contributed by atoms with Gasteiger partial charge in [0.1, 0.15) is 11.8 Å². The van der Waals surface area contributed by atoms with Crippen molar-refractivity contribution in [2.45, 2.75) is 52.2 Å². The number of benzene rings is 3. The minimum Gasteiger partial charge on any atom is -0.483 e. The lowest BCUT2D eigenvalue weighted by atomic mass is 10.00. The lowest BCUT2D eigenvalue weighted by molar-refractivity contribution is -0.143. The van der Waals surface area contributed by atoms with Gasteiger partial charge in [-0.05, 0) is 78.5 Å². The predicted molar refractivity (Wildman–Crippen MR) is 148 cm³/mol. The first-order valence-corrected chi connectivity index (χ1v) is 13.0. The lowest BCUT2D eigenvalue weighted by Gasteiger charge is -2.34. The first-order valence-electron chi connectivity index (χ1n) is 11.8. The van der Waals surface area contributed by atoms with Gasteiger partial charge >= 0.3 is 0 Å². The second kappa shape index (κ2) is 12.4. The fourth-order valence-corrected chi connectivity index (χ4v) is 4.59. The van der Waals surface area contributed by atoms with Gasteiger partial charge in [-0.1, -0.05) is 66.2 Å². The highest BCUT2D eigenvalue weighted by Gasteiger charge is 2.32. The highest BCUT2D eigenvalue weighted by Crippen LogP contribution is 2.28. The number of halogens is 2. The summed E-state index contributed by atoms with van der Waals surface area (Å²) in [6.07, 6.45) is 0.380. The van der Waals surface area contributed by atoms with Gasteiger partial charge in [-0.15, -0.1) is 0 Å². The van der Waals surface area contributed by atoms with Gasteiger partial charge in [0, 0.05) is 23.5 Å². The van der Waals surface area contributed by atoms with Crippen molar-refractivity contribution >= 4 is 39.3 Å². The van der Waals surface area contributed by atoms with E-state index in [9.17, 15) is 9.59 Å². The quantitative estimate of drug-likeness (QED) is 0.326. The van der Waals surface area contributed by atoms with E-state index in [0.29, 0.717) is 21.7 Å². The zero-order valence-electron chi connectivity index (χ0n) is 21.1. The van der Waals surface area contributed by atoms with Gasteiger partial charge in [0.25, 0.3) is 5.91 Å². The smallest absolute Gasteiger partial charge is 0.261 e. The Bertz CT molecular complexity index is 1190. The topological polar surface area (TPSA) is 58.6 Å². The van der Waals surface area contributed by atoms with Crippen LogP contribution < -0.4 is 10.1 Å². The average molecular weight is 572 g/mol. The Morgan fingerprint density at radius 2 is 1.69 bits per heavy atom. The van der Waals surface area contributed by atoms with Crippen LogP contribution in [-0.4, -0.2) is 34.9 Å². The molecular formula is C29H32BrClN2O3. The molecule has 7 heteroatoms. The van der Waals surface area contributed by atoms with E-state index in [1.54, 1.807) is 23.1 Å². The molecule has 0 aliphatic rings. The van der Waals surface area contributed by atoms with E-state index in [4.69, 9.17) is 16.3 Å². The van der Waals surface area contributed by atoms with Gasteiger partial charge in [0.2, 0.25) is 5.91 Å². The van der Waals surface area contributed by atoms with Crippen LogP contribution in [0.5, 0.6) is 5.75 Å². The first-order chi connectivity index (χ1) is 17.0. The maximum Gasteiger partial charge on any atom is 0.261 e. The van der Waals surface area contributed by atoms with Crippen LogP contribution in [0.2, 0.25) is 5.02 Å². The van der Waals surface area contributed by atoms with Crippen LogP contribution >= 0.6 is 27.5 Å². The average Bonchev–Trinajstić information content (AvgIpc) is 2.81. The van der Waals surface area contributed by atoms with Crippen molar-refractivity contribution in [2.24, 2.45) is 0 Å². The van der Waals surface area contributed by atoms with Crippen LogP contribution in [0, 0.1) is 6.92 Å². The van der Waals surface area contributed by atoms with E-state index in [2.05, 4.69) is 21.2 Å². The standard InChI is InChI=1S/C29H32BrClN2O3/c1-20-10-8-9-13-22(20)18-33(27(34)19-36-26-15-14-23(31)17-24(26)30)25(28(35)32-29(2,3)4)16-21-11-6-5-7-12-21/h5-15,17,25H,16,18-19H2,1-4H3,(H,32,35). The molecule has 0 heterocycles. The summed E-state index contributed by atoms with van der Waals surface area (Å²) < 4.78 is 6.51. The third-order valence-corrected chi connectivity index (χ3v) is 6.47. The van der Waals surface area contributed by atoms with Crippen LogP contribution in [0.3, 0.4) is 0 Å². The molecule has 3 aromatic carbocycles. The van der Waals surface area contributed by atoms with Crippen molar-refractivity contribution in [2.75, 3.05) is 6.61 Å². The monoisotopic (exact) mass is 570 g/mol. The van der Waals surface area contributed by atoms with E-state index < -0.39 is 11.6 Å². The minimum absolute atomic E-state index is 0.207. The number of nitrogens with zero attached hydrogens (tertiary/aromatic N) is 1. The van der Waals surface area contributed by atoms with E-state index in [-0.39, 0.29) is 25.0 Å². The molecule has 0 saturated heterocycles. The zero-order valence-corrected chi connectivity index (χ0v) is 23.4. The molecule has 1 N–H and O–H groups in total. The summed E-state index contributed by atoms with van der Waals surface area (Å²) in [5.41, 5.74) is 2.54. The number of hydrogen-bond acceptors (Lipinski definition) is 3. The number of ether oxygens (including phenoxy) is 1. The van der Waals surface area contributed by atoms with Gasteiger partial charge in [-0.3, -0.25) is 9.59 Å². The number of carbonyl (C=O) groups is 2. The molecule has 0 fully saturated rings. The van der Waals surface area contributed by atoms with Gasteiger partial charge in [-0.2, -0.15) is 0 Å². The summed E-state index contributed by atoms with van der Waals surface area (Å²) >= 11 is 9.46. The summed E-state index contributed by atoms with van der Waals surface area (Å²) in [6.45, 7) is 7.85. The summed E-state index contributed by atoms with van der Waals surface area (Å²) in [5.74, 6) is 0.00778. The molecule has 190 valence electrons. The zero-order chi connectivity index (χ0) is 26.3. The van der Waals surface area contributed by atoms with Crippen LogP contribution in [0.25, 0.3) is 0 Å². The SMILES string of the molecule is Cc1ccccc1CN(C(=O)COc1ccc(Cl)cc1Br)C(Cc1ccccc1)C(=O)NC(C)(C)C. The van der Waals surface area contributed by atoms with Gasteiger partial charge in [-0.25, -0.2) is 0 Å². The molecule has 3 aromatic rings. The number of aryl methyl sites for hydroxylation is 1. The Labute approximate surface area is 226 Å². The normalized spacial score (nSPS) is 12.1. The second-order valence-electron chi connectivity index (χ2n) is 9.76. The molecule has 0 radical (unpaired) electrons. The molecule has 5 nitrogen and oxygen atoms in total. The number of rotatable bonds is 9. The molecule has 0 aromatic heterocycles. The number of carbonyl (C=O) groups excluding carboxylic acids is 2. The molecule has 0 aliphatic carbocycles. The highest BCUT2D eigenvalue weighted by molar-refractivity contribution is 9.10. The minimum atomic E-state index is -0.726. The Morgan fingerprint density at radius 3 is 2.33 bits per heavy atom. The van der Waals surface area contributed by atoms with Gasteiger partial charge in [0.15, 0.2) is 6.61 Å². The molecule has 2 amide bonds. The first kappa shape index (κ1) is 27.8. The summed E-state index contributed by atoms with van der Waals surface area (Å²) in [4.78, 5) is 28.9. The number of amides is 2. The maximum absolute atomic E-state index is 13.7. The number of hydrogen-bond donors (Lipinski definition) is 1. The van der Waals surface area contributed by atoms with Crippen molar-refractivity contribution in [1.29, 1.82) is 0 Å². The Hall–Kier alpha value is -2.83. The highest BCUT2D eigenvalue weighted by atomic mass is 79.9. The maximum atomic E-state index is 13.7. The van der Waals surface area contributed by atoms with Crippen LogP contribution in [0.4, 0.5) is 0 Å². The largest absolute Gasteiger partial charge is 0.483 e. The second-order valence-corrected chi connectivity index (χ2v) is 11.0. The third-order valence-electron chi connectivity index (χ3n) is 5.62. The molecule has 1 atom stereocenters. The Morgan fingerprint density at radius 1 is 1.03 bits per heavy atom. The van der Waals surface area contributed by atoms with Gasteiger partial charge < -0.3 is 15.0 Å².